The summed E-state index contributed by atoms with van der Waals surface area (Å²) in [6.07, 6.45) is 7.01. The second-order valence-electron chi connectivity index (χ2n) is 5.13. The normalized spacial score (nSPS) is 11.5. The molecule has 132 valence electrons. The SMILES string of the molecule is CO[Si](CCCNC(=O)OCCC[n+]1ccn(C)c1)(OC)OC. The number of hydrogen-bond donors (Lipinski definition) is 1. The summed E-state index contributed by atoms with van der Waals surface area (Å²) in [5.74, 6) is 0. The van der Waals surface area contributed by atoms with E-state index in [2.05, 4.69) is 5.32 Å². The van der Waals surface area contributed by atoms with Crippen LogP contribution in [0.25, 0.3) is 0 Å². The number of nitrogens with one attached hydrogen (secondary N) is 1. The lowest BCUT2D eigenvalue weighted by atomic mass is 10.4. The highest BCUT2D eigenvalue weighted by atomic mass is 28.4. The van der Waals surface area contributed by atoms with E-state index in [4.69, 9.17) is 18.0 Å². The van der Waals surface area contributed by atoms with E-state index >= 15 is 0 Å². The predicted octanol–water partition coefficient (Wildman–Crippen LogP) is 0.697. The van der Waals surface area contributed by atoms with Crippen molar-refractivity contribution < 1.29 is 27.4 Å². The van der Waals surface area contributed by atoms with Gasteiger partial charge < -0.3 is 23.3 Å². The Hall–Kier alpha value is -1.42. The molecule has 0 aliphatic heterocycles. The number of nitrogens with zero attached hydrogens (tertiary/aromatic N) is 2. The van der Waals surface area contributed by atoms with Gasteiger partial charge in [0.15, 0.2) is 0 Å². The molecule has 0 spiro atoms. The molecule has 1 heterocycles. The van der Waals surface area contributed by atoms with Gasteiger partial charge in [-0.1, -0.05) is 0 Å². The van der Waals surface area contributed by atoms with Crippen LogP contribution in [0.5, 0.6) is 0 Å². The van der Waals surface area contributed by atoms with Crippen molar-refractivity contribution in [2.45, 2.75) is 25.4 Å². The van der Waals surface area contributed by atoms with Crippen molar-refractivity contribution in [3.8, 4) is 0 Å². The van der Waals surface area contributed by atoms with E-state index in [1.807, 2.05) is 34.9 Å². The van der Waals surface area contributed by atoms with E-state index < -0.39 is 14.9 Å². The second-order valence-corrected chi connectivity index (χ2v) is 8.22. The summed E-state index contributed by atoms with van der Waals surface area (Å²) in [6.45, 7) is 1.70. The number of aromatic nitrogens is 2. The third-order valence-corrected chi connectivity index (χ3v) is 6.31. The summed E-state index contributed by atoms with van der Waals surface area (Å²) in [5.41, 5.74) is 0. The highest BCUT2D eigenvalue weighted by Crippen LogP contribution is 2.14. The standard InChI is InChI=1S/C14H27N3O5Si/c1-16-9-10-17(13-16)8-6-11-22-14(18)15-7-5-12-23(19-2,20-3)21-4/h9-10,13H,5-8,11-12H2,1-4H3/p+1. The van der Waals surface area contributed by atoms with Gasteiger partial charge in [-0.3, -0.25) is 0 Å². The van der Waals surface area contributed by atoms with Gasteiger partial charge in [-0.05, 0) is 6.42 Å². The molecule has 0 aliphatic carbocycles. The van der Waals surface area contributed by atoms with Crippen LogP contribution in [0.1, 0.15) is 12.8 Å². The molecule has 23 heavy (non-hydrogen) atoms. The van der Waals surface area contributed by atoms with Crippen molar-refractivity contribution in [3.63, 3.8) is 0 Å². The van der Waals surface area contributed by atoms with Gasteiger partial charge in [-0.2, -0.15) is 0 Å². The van der Waals surface area contributed by atoms with Gasteiger partial charge in [0.2, 0.25) is 6.33 Å². The number of amides is 1. The van der Waals surface area contributed by atoms with Crippen molar-refractivity contribution in [2.24, 2.45) is 7.05 Å². The lowest BCUT2D eigenvalue weighted by molar-refractivity contribution is -0.696. The Morgan fingerprint density at radius 2 is 1.91 bits per heavy atom. The van der Waals surface area contributed by atoms with E-state index in [1.54, 1.807) is 21.3 Å². The highest BCUT2D eigenvalue weighted by molar-refractivity contribution is 6.60. The minimum absolute atomic E-state index is 0.390. The van der Waals surface area contributed by atoms with E-state index in [0.717, 1.165) is 13.0 Å². The fourth-order valence-corrected chi connectivity index (χ4v) is 3.87. The fourth-order valence-electron chi connectivity index (χ4n) is 2.15. The van der Waals surface area contributed by atoms with Crippen LogP contribution in [0, 0.1) is 0 Å². The van der Waals surface area contributed by atoms with E-state index in [0.29, 0.717) is 25.6 Å². The van der Waals surface area contributed by atoms with Crippen molar-refractivity contribution in [2.75, 3.05) is 34.5 Å². The molecule has 0 aromatic carbocycles. The first-order valence-electron chi connectivity index (χ1n) is 7.62. The predicted molar refractivity (Wildman–Crippen MR) is 85.8 cm³/mol. The number of imidazole rings is 1. The lowest BCUT2D eigenvalue weighted by Gasteiger charge is -2.24. The summed E-state index contributed by atoms with van der Waals surface area (Å²) < 4.78 is 25.1. The van der Waals surface area contributed by atoms with Gasteiger partial charge in [0.1, 0.15) is 12.4 Å². The zero-order valence-corrected chi connectivity index (χ0v) is 15.4. The van der Waals surface area contributed by atoms with Crippen LogP contribution in [0.2, 0.25) is 6.04 Å². The van der Waals surface area contributed by atoms with Crippen LogP contribution >= 0.6 is 0 Å². The zero-order chi connectivity index (χ0) is 17.1. The van der Waals surface area contributed by atoms with Crippen LogP contribution in [0.4, 0.5) is 4.79 Å². The van der Waals surface area contributed by atoms with Crippen LogP contribution in [0.3, 0.4) is 0 Å². The summed E-state index contributed by atoms with van der Waals surface area (Å²) in [6, 6.07) is 0.640. The van der Waals surface area contributed by atoms with Gasteiger partial charge in [0, 0.05) is 40.3 Å². The Balaban J connectivity index is 2.08. The summed E-state index contributed by atoms with van der Waals surface area (Å²) in [5, 5.41) is 2.71. The minimum Gasteiger partial charge on any atom is -0.449 e. The number of rotatable bonds is 11. The number of alkyl carbamates (subject to hydrolysis) is 1. The molecule has 0 aliphatic rings. The summed E-state index contributed by atoms with van der Waals surface area (Å²) in [4.78, 5) is 11.6. The molecule has 0 fully saturated rings. The van der Waals surface area contributed by atoms with Crippen molar-refractivity contribution >= 4 is 14.9 Å². The zero-order valence-electron chi connectivity index (χ0n) is 14.4. The fraction of sp³-hybridized carbons (Fsp3) is 0.714. The van der Waals surface area contributed by atoms with Gasteiger partial charge in [-0.15, -0.1) is 0 Å². The number of carbonyl (C=O) groups is 1. The lowest BCUT2D eigenvalue weighted by Crippen LogP contribution is -2.43. The topological polar surface area (TPSA) is 74.8 Å². The van der Waals surface area contributed by atoms with E-state index in [9.17, 15) is 4.79 Å². The molecule has 9 heteroatoms. The molecular weight excluding hydrogens is 318 g/mol. The molecule has 1 aromatic heterocycles. The average molecular weight is 346 g/mol. The van der Waals surface area contributed by atoms with Crippen LogP contribution < -0.4 is 9.88 Å². The average Bonchev–Trinajstić information content (AvgIpc) is 2.98. The summed E-state index contributed by atoms with van der Waals surface area (Å²) in [7, 11) is 4.14. The molecule has 0 saturated carbocycles. The summed E-state index contributed by atoms with van der Waals surface area (Å²) >= 11 is 0. The van der Waals surface area contributed by atoms with Crippen LogP contribution in [-0.2, 0) is 31.6 Å². The Morgan fingerprint density at radius 3 is 2.48 bits per heavy atom. The Labute approximate surface area is 138 Å². The monoisotopic (exact) mass is 346 g/mol. The molecule has 8 nitrogen and oxygen atoms in total. The Kier molecular flexibility index (Phi) is 8.85. The Morgan fingerprint density at radius 1 is 1.22 bits per heavy atom. The van der Waals surface area contributed by atoms with Crippen LogP contribution in [-0.4, -0.2) is 53.9 Å². The van der Waals surface area contributed by atoms with Crippen molar-refractivity contribution in [1.29, 1.82) is 0 Å². The maximum atomic E-state index is 11.6. The highest BCUT2D eigenvalue weighted by Gasteiger charge is 2.36. The minimum atomic E-state index is -2.55. The Bertz CT molecular complexity index is 457. The first kappa shape index (κ1) is 19.6. The van der Waals surface area contributed by atoms with E-state index in [-0.39, 0.29) is 0 Å². The molecule has 0 bridgehead atoms. The maximum absolute atomic E-state index is 11.6. The van der Waals surface area contributed by atoms with Gasteiger partial charge in [-0.25, -0.2) is 13.9 Å². The third kappa shape index (κ3) is 7.12. The molecule has 1 aromatic rings. The molecule has 0 radical (unpaired) electrons. The quantitative estimate of drug-likeness (QED) is 0.363. The smallest absolute Gasteiger partial charge is 0.449 e. The van der Waals surface area contributed by atoms with E-state index in [1.165, 1.54) is 0 Å². The number of aryl methyl sites for hydroxylation is 2. The molecular formula is C14H28N3O5Si+. The third-order valence-electron chi connectivity index (χ3n) is 3.48. The molecule has 0 unspecified atom stereocenters. The number of ether oxygens (including phenoxy) is 1. The molecule has 0 atom stereocenters. The molecule has 1 N–H and O–H groups in total. The van der Waals surface area contributed by atoms with Gasteiger partial charge >= 0.3 is 14.9 Å². The van der Waals surface area contributed by atoms with Crippen molar-refractivity contribution in [3.05, 3.63) is 18.7 Å². The second kappa shape index (κ2) is 10.4. The largest absolute Gasteiger partial charge is 0.500 e. The molecule has 0 saturated heterocycles. The molecule has 1 amide bonds. The van der Waals surface area contributed by atoms with Crippen molar-refractivity contribution in [1.82, 2.24) is 9.88 Å². The van der Waals surface area contributed by atoms with Gasteiger partial charge in [0.05, 0.1) is 20.2 Å². The maximum Gasteiger partial charge on any atom is 0.500 e. The van der Waals surface area contributed by atoms with Crippen LogP contribution in [0.15, 0.2) is 18.7 Å². The van der Waals surface area contributed by atoms with Gasteiger partial charge in [0.25, 0.3) is 0 Å². The first-order valence-corrected chi connectivity index (χ1v) is 9.55. The number of carbonyl (C=O) groups excluding carboxylic acids is 1. The molecule has 1 rings (SSSR count). The number of hydrogen-bond acceptors (Lipinski definition) is 5. The first-order chi connectivity index (χ1) is 11.0.